The van der Waals surface area contributed by atoms with Gasteiger partial charge in [0.1, 0.15) is 17.3 Å². The van der Waals surface area contributed by atoms with Crippen LogP contribution in [0.5, 0.6) is 11.5 Å². The van der Waals surface area contributed by atoms with Crippen molar-refractivity contribution in [3.05, 3.63) is 94.8 Å². The summed E-state index contributed by atoms with van der Waals surface area (Å²) in [5.41, 5.74) is 4.27. The van der Waals surface area contributed by atoms with E-state index in [1.165, 1.54) is 17.7 Å². The molecule has 3 aromatic rings. The topological polar surface area (TPSA) is 29.5 Å². The maximum Gasteiger partial charge on any atom is 0.254 e. The van der Waals surface area contributed by atoms with E-state index >= 15 is 0 Å². The van der Waals surface area contributed by atoms with Gasteiger partial charge in [0.05, 0.1) is 0 Å². The zero-order chi connectivity index (χ0) is 19.5. The molecule has 0 bridgehead atoms. The molecule has 0 spiro atoms. The smallest absolute Gasteiger partial charge is 0.254 e. The number of fused-ring (bicyclic) bond motifs is 1. The molecule has 4 heteroatoms. The highest BCUT2D eigenvalue weighted by Crippen LogP contribution is 2.26. The molecular weight excluding hydrogens is 353 g/mol. The van der Waals surface area contributed by atoms with E-state index in [2.05, 4.69) is 0 Å². The summed E-state index contributed by atoms with van der Waals surface area (Å²) < 4.78 is 18.7. The Balaban J connectivity index is 1.29. The van der Waals surface area contributed by atoms with Crippen molar-refractivity contribution < 1.29 is 13.9 Å². The molecule has 0 atom stereocenters. The second-order valence-corrected chi connectivity index (χ2v) is 7.14. The van der Waals surface area contributed by atoms with E-state index in [0.717, 1.165) is 41.8 Å². The van der Waals surface area contributed by atoms with Crippen molar-refractivity contribution >= 4 is 5.91 Å². The van der Waals surface area contributed by atoms with Crippen molar-refractivity contribution in [3.63, 3.8) is 0 Å². The van der Waals surface area contributed by atoms with Crippen LogP contribution >= 0.6 is 0 Å². The third-order valence-corrected chi connectivity index (χ3v) is 5.09. The van der Waals surface area contributed by atoms with E-state index in [9.17, 15) is 9.18 Å². The fourth-order valence-corrected chi connectivity index (χ4v) is 3.62. The molecule has 0 saturated carbocycles. The fraction of sp³-hybridized carbons (Fsp3) is 0.208. The summed E-state index contributed by atoms with van der Waals surface area (Å²) in [5, 5.41) is 0. The van der Waals surface area contributed by atoms with E-state index in [1.807, 2.05) is 54.3 Å². The molecule has 1 aliphatic rings. The second-order valence-electron chi connectivity index (χ2n) is 7.14. The van der Waals surface area contributed by atoms with Crippen LogP contribution in [0, 0.1) is 12.7 Å². The molecule has 0 radical (unpaired) electrons. The minimum absolute atomic E-state index is 0.149. The highest BCUT2D eigenvalue weighted by molar-refractivity contribution is 5.99. The summed E-state index contributed by atoms with van der Waals surface area (Å²) in [4.78, 5) is 14.5. The normalized spacial score (nSPS) is 12.9. The summed E-state index contributed by atoms with van der Waals surface area (Å²) in [6.07, 6.45) is 1.81. The Morgan fingerprint density at radius 1 is 0.964 bits per heavy atom. The van der Waals surface area contributed by atoms with Crippen LogP contribution in [0.4, 0.5) is 4.39 Å². The van der Waals surface area contributed by atoms with Gasteiger partial charge in [-0.3, -0.25) is 4.79 Å². The first-order valence-electron chi connectivity index (χ1n) is 9.50. The van der Waals surface area contributed by atoms with E-state index in [0.29, 0.717) is 12.3 Å². The molecule has 1 aliphatic heterocycles. The van der Waals surface area contributed by atoms with Crippen LogP contribution in [-0.4, -0.2) is 17.4 Å². The predicted molar refractivity (Wildman–Crippen MR) is 107 cm³/mol. The lowest BCUT2D eigenvalue weighted by Crippen LogP contribution is -2.25. The number of hydrogen-bond acceptors (Lipinski definition) is 2. The Morgan fingerprint density at radius 3 is 2.32 bits per heavy atom. The summed E-state index contributed by atoms with van der Waals surface area (Å²) in [6.45, 7) is 3.46. The minimum atomic E-state index is -0.280. The Labute approximate surface area is 164 Å². The summed E-state index contributed by atoms with van der Waals surface area (Å²) in [6, 6.07) is 19.9. The first kappa shape index (κ1) is 18.2. The van der Waals surface area contributed by atoms with E-state index in [-0.39, 0.29) is 11.7 Å². The Bertz CT molecular complexity index is 980. The molecule has 0 aliphatic carbocycles. The van der Waals surface area contributed by atoms with Crippen LogP contribution in [-0.2, 0) is 13.0 Å². The lowest BCUT2D eigenvalue weighted by molar-refractivity contribution is 0.0776. The van der Waals surface area contributed by atoms with Crippen molar-refractivity contribution in [1.29, 1.82) is 0 Å². The number of ether oxygens (including phenoxy) is 1. The van der Waals surface area contributed by atoms with Crippen LogP contribution in [0.3, 0.4) is 0 Å². The standard InChI is InChI=1S/C24H22FNO2/c1-17-4-2-6-19-16-26(24(27)23(17)19)15-3-5-18-7-11-21(12-8-18)28-22-13-9-20(25)10-14-22/h2,4,6-14H,3,5,15-16H2,1H3. The van der Waals surface area contributed by atoms with Crippen LogP contribution in [0.1, 0.15) is 33.5 Å². The van der Waals surface area contributed by atoms with Crippen molar-refractivity contribution in [2.24, 2.45) is 0 Å². The van der Waals surface area contributed by atoms with Crippen LogP contribution < -0.4 is 4.74 Å². The third kappa shape index (κ3) is 3.91. The first-order chi connectivity index (χ1) is 13.6. The van der Waals surface area contributed by atoms with Gasteiger partial charge in [-0.05, 0) is 72.9 Å². The molecule has 3 nitrogen and oxygen atoms in total. The SMILES string of the molecule is Cc1cccc2c1C(=O)N(CCCc1ccc(Oc3ccc(F)cc3)cc1)C2. The largest absolute Gasteiger partial charge is 0.457 e. The Morgan fingerprint density at radius 2 is 1.64 bits per heavy atom. The quantitative estimate of drug-likeness (QED) is 0.568. The van der Waals surface area contributed by atoms with Crippen LogP contribution in [0.25, 0.3) is 0 Å². The van der Waals surface area contributed by atoms with Gasteiger partial charge in [-0.2, -0.15) is 0 Å². The van der Waals surface area contributed by atoms with Gasteiger partial charge in [0.2, 0.25) is 0 Å². The van der Waals surface area contributed by atoms with Crippen molar-refractivity contribution in [2.75, 3.05) is 6.54 Å². The molecular formula is C24H22FNO2. The molecule has 0 fully saturated rings. The molecule has 1 amide bonds. The highest BCUT2D eigenvalue weighted by Gasteiger charge is 2.27. The number of nitrogens with zero attached hydrogens (tertiary/aromatic N) is 1. The van der Waals surface area contributed by atoms with E-state index in [1.54, 1.807) is 12.1 Å². The van der Waals surface area contributed by atoms with Gasteiger partial charge in [-0.1, -0.05) is 30.3 Å². The molecule has 0 saturated heterocycles. The molecule has 0 unspecified atom stereocenters. The molecule has 0 aromatic heterocycles. The second kappa shape index (κ2) is 7.85. The summed E-state index contributed by atoms with van der Waals surface area (Å²) in [5.74, 6) is 1.20. The number of benzene rings is 3. The molecule has 1 heterocycles. The van der Waals surface area contributed by atoms with Gasteiger partial charge in [0, 0.05) is 18.7 Å². The number of carbonyl (C=O) groups is 1. The zero-order valence-corrected chi connectivity index (χ0v) is 15.8. The van der Waals surface area contributed by atoms with Crippen LogP contribution in [0.2, 0.25) is 0 Å². The molecule has 142 valence electrons. The molecule has 4 rings (SSSR count). The predicted octanol–water partition coefficient (Wildman–Crippen LogP) is 5.52. The minimum Gasteiger partial charge on any atom is -0.457 e. The molecule has 0 N–H and O–H groups in total. The van der Waals surface area contributed by atoms with Crippen molar-refractivity contribution in [3.8, 4) is 11.5 Å². The maximum absolute atomic E-state index is 12.9. The van der Waals surface area contributed by atoms with Crippen molar-refractivity contribution in [1.82, 2.24) is 4.90 Å². The molecule has 28 heavy (non-hydrogen) atoms. The summed E-state index contributed by atoms with van der Waals surface area (Å²) in [7, 11) is 0. The monoisotopic (exact) mass is 375 g/mol. The number of halogens is 1. The number of rotatable bonds is 6. The number of amides is 1. The summed E-state index contributed by atoms with van der Waals surface area (Å²) >= 11 is 0. The first-order valence-corrected chi connectivity index (χ1v) is 9.50. The van der Waals surface area contributed by atoms with Gasteiger partial charge in [0.15, 0.2) is 0 Å². The lowest BCUT2D eigenvalue weighted by atomic mass is 10.0. The Hall–Kier alpha value is -3.14. The van der Waals surface area contributed by atoms with E-state index in [4.69, 9.17) is 4.74 Å². The van der Waals surface area contributed by atoms with Gasteiger partial charge in [-0.25, -0.2) is 4.39 Å². The maximum atomic E-state index is 12.9. The van der Waals surface area contributed by atoms with Crippen LogP contribution in [0.15, 0.2) is 66.7 Å². The lowest BCUT2D eigenvalue weighted by Gasteiger charge is -2.15. The zero-order valence-electron chi connectivity index (χ0n) is 15.8. The van der Waals surface area contributed by atoms with Crippen molar-refractivity contribution in [2.45, 2.75) is 26.3 Å². The average molecular weight is 375 g/mol. The highest BCUT2D eigenvalue weighted by atomic mass is 19.1. The Kier molecular flexibility index (Phi) is 5.11. The molecule has 3 aromatic carbocycles. The average Bonchev–Trinajstić information content (AvgIpc) is 3.02. The number of carbonyl (C=O) groups excluding carboxylic acids is 1. The van der Waals surface area contributed by atoms with Gasteiger partial charge >= 0.3 is 0 Å². The van der Waals surface area contributed by atoms with E-state index < -0.39 is 0 Å². The number of hydrogen-bond donors (Lipinski definition) is 0. The third-order valence-electron chi connectivity index (χ3n) is 5.09. The fourth-order valence-electron chi connectivity index (χ4n) is 3.62. The number of aryl methyl sites for hydroxylation is 2. The van der Waals surface area contributed by atoms with Gasteiger partial charge in [-0.15, -0.1) is 0 Å². The van der Waals surface area contributed by atoms with Gasteiger partial charge in [0.25, 0.3) is 5.91 Å². The van der Waals surface area contributed by atoms with Gasteiger partial charge < -0.3 is 9.64 Å².